The van der Waals surface area contributed by atoms with E-state index in [1.165, 1.54) is 16.9 Å². The number of methoxy groups -OCH3 is 1. The molecule has 2 heterocycles. The molecule has 0 radical (unpaired) electrons. The number of pyridine rings is 1. The number of aromatic nitrogens is 1. The van der Waals surface area contributed by atoms with Gasteiger partial charge in [0.1, 0.15) is 10.4 Å². The van der Waals surface area contributed by atoms with Crippen LogP contribution in [-0.4, -0.2) is 12.1 Å². The number of hydrogen-bond donors (Lipinski definition) is 1. The van der Waals surface area contributed by atoms with Crippen LogP contribution >= 0.6 is 11.3 Å². The van der Waals surface area contributed by atoms with Crippen LogP contribution < -0.4 is 10.3 Å². The van der Waals surface area contributed by atoms with E-state index in [1.807, 2.05) is 23.6 Å². The molecular weight excluding hydrogens is 318 g/mol. The van der Waals surface area contributed by atoms with Crippen LogP contribution in [0.25, 0.3) is 32.1 Å². The fourth-order valence-electron chi connectivity index (χ4n) is 3.23. The highest BCUT2D eigenvalue weighted by atomic mass is 32.1. The lowest BCUT2D eigenvalue weighted by Gasteiger charge is -2.14. The van der Waals surface area contributed by atoms with Crippen molar-refractivity contribution in [3.8, 4) is 16.9 Å². The summed E-state index contributed by atoms with van der Waals surface area (Å²) in [5.74, 6) is 0.815. The third-order valence-corrected chi connectivity index (χ3v) is 5.31. The molecule has 0 amide bonds. The second-order valence-electron chi connectivity index (χ2n) is 5.74. The molecule has 24 heavy (non-hydrogen) atoms. The van der Waals surface area contributed by atoms with Gasteiger partial charge in [0.15, 0.2) is 0 Å². The summed E-state index contributed by atoms with van der Waals surface area (Å²) in [7, 11) is 1.69. The van der Waals surface area contributed by atoms with E-state index in [9.17, 15) is 4.79 Å². The van der Waals surface area contributed by atoms with E-state index in [2.05, 4.69) is 36.2 Å². The lowest BCUT2D eigenvalue weighted by molar-refractivity contribution is 0.417. The van der Waals surface area contributed by atoms with E-state index in [0.29, 0.717) is 0 Å². The van der Waals surface area contributed by atoms with Crippen LogP contribution in [0.4, 0.5) is 0 Å². The van der Waals surface area contributed by atoms with Crippen molar-refractivity contribution in [3.63, 3.8) is 0 Å². The van der Waals surface area contributed by atoms with Crippen molar-refractivity contribution in [3.05, 3.63) is 63.8 Å². The third-order valence-electron chi connectivity index (χ3n) is 4.40. The number of aryl methyl sites for hydroxylation is 1. The van der Waals surface area contributed by atoms with Gasteiger partial charge in [-0.15, -0.1) is 11.3 Å². The number of benzene rings is 2. The maximum Gasteiger partial charge on any atom is 0.266 e. The van der Waals surface area contributed by atoms with E-state index in [4.69, 9.17) is 4.74 Å². The maximum atomic E-state index is 12.3. The van der Waals surface area contributed by atoms with Crippen molar-refractivity contribution in [2.45, 2.75) is 13.3 Å². The Morgan fingerprint density at radius 3 is 2.83 bits per heavy atom. The largest absolute Gasteiger partial charge is 0.496 e. The minimum atomic E-state index is -0.0362. The monoisotopic (exact) mass is 335 g/mol. The molecule has 4 aromatic rings. The Kier molecular flexibility index (Phi) is 3.62. The predicted octanol–water partition coefficient (Wildman–Crippen LogP) is 4.98. The second-order valence-corrected chi connectivity index (χ2v) is 6.65. The number of thiophene rings is 1. The number of H-pyrrole nitrogens is 1. The molecule has 120 valence electrons. The van der Waals surface area contributed by atoms with Gasteiger partial charge in [0.25, 0.3) is 5.56 Å². The summed E-state index contributed by atoms with van der Waals surface area (Å²) < 4.78 is 6.40. The molecule has 0 aliphatic carbocycles. The van der Waals surface area contributed by atoms with Gasteiger partial charge in [-0.1, -0.05) is 31.2 Å². The lowest BCUT2D eigenvalue weighted by atomic mass is 9.95. The first-order chi connectivity index (χ1) is 11.7. The number of rotatable bonds is 3. The Bertz CT molecular complexity index is 1110. The van der Waals surface area contributed by atoms with E-state index in [-0.39, 0.29) is 5.56 Å². The highest BCUT2D eigenvalue weighted by Crippen LogP contribution is 2.40. The lowest BCUT2D eigenvalue weighted by Crippen LogP contribution is -2.05. The normalized spacial score (nSPS) is 11.2. The summed E-state index contributed by atoms with van der Waals surface area (Å²) in [5.41, 5.74) is 4.22. The van der Waals surface area contributed by atoms with Crippen molar-refractivity contribution in [2.24, 2.45) is 0 Å². The summed E-state index contributed by atoms with van der Waals surface area (Å²) >= 11 is 1.47. The molecule has 0 aliphatic rings. The van der Waals surface area contributed by atoms with Crippen molar-refractivity contribution in [1.82, 2.24) is 4.98 Å². The maximum absolute atomic E-state index is 12.3. The quantitative estimate of drug-likeness (QED) is 0.574. The molecule has 3 nitrogen and oxygen atoms in total. The van der Waals surface area contributed by atoms with Crippen molar-refractivity contribution >= 4 is 32.3 Å². The summed E-state index contributed by atoms with van der Waals surface area (Å²) in [5, 5.41) is 3.98. The molecule has 4 rings (SSSR count). The SMILES string of the molecule is CCc1cccc(-c2c(OC)ccc3[nH]c(=O)c4sccc4c23)c1. The molecule has 1 N–H and O–H groups in total. The molecule has 2 aromatic heterocycles. The summed E-state index contributed by atoms with van der Waals surface area (Å²) in [6.07, 6.45) is 0.978. The molecule has 0 aliphatic heterocycles. The van der Waals surface area contributed by atoms with Crippen LogP contribution in [0.3, 0.4) is 0 Å². The summed E-state index contributed by atoms with van der Waals surface area (Å²) in [6, 6.07) is 14.3. The zero-order valence-electron chi connectivity index (χ0n) is 13.6. The average Bonchev–Trinajstić information content (AvgIpc) is 3.11. The van der Waals surface area contributed by atoms with E-state index < -0.39 is 0 Å². The fraction of sp³-hybridized carbons (Fsp3) is 0.150. The Hall–Kier alpha value is -2.59. The molecular formula is C20H17NO2S. The smallest absolute Gasteiger partial charge is 0.266 e. The topological polar surface area (TPSA) is 42.1 Å². The van der Waals surface area contributed by atoms with Crippen LogP contribution in [0, 0.1) is 0 Å². The van der Waals surface area contributed by atoms with Crippen molar-refractivity contribution in [1.29, 1.82) is 0 Å². The predicted molar refractivity (Wildman–Crippen MR) is 101 cm³/mol. The Balaban J connectivity index is 2.19. The van der Waals surface area contributed by atoms with Gasteiger partial charge in [-0.05, 0) is 41.1 Å². The Labute approximate surface area is 143 Å². The van der Waals surface area contributed by atoms with Gasteiger partial charge in [0.05, 0.1) is 7.11 Å². The number of ether oxygens (including phenoxy) is 1. The molecule has 4 heteroatoms. The highest BCUT2D eigenvalue weighted by molar-refractivity contribution is 7.17. The highest BCUT2D eigenvalue weighted by Gasteiger charge is 2.16. The zero-order chi connectivity index (χ0) is 16.7. The fourth-order valence-corrected chi connectivity index (χ4v) is 4.03. The van der Waals surface area contributed by atoms with Crippen LogP contribution in [0.15, 0.2) is 52.6 Å². The van der Waals surface area contributed by atoms with Crippen molar-refractivity contribution < 1.29 is 4.74 Å². The Morgan fingerprint density at radius 2 is 2.04 bits per heavy atom. The zero-order valence-corrected chi connectivity index (χ0v) is 14.4. The number of fused-ring (bicyclic) bond motifs is 3. The van der Waals surface area contributed by atoms with Gasteiger partial charge < -0.3 is 9.72 Å². The molecule has 0 fully saturated rings. The van der Waals surface area contributed by atoms with E-state index >= 15 is 0 Å². The van der Waals surface area contributed by atoms with Gasteiger partial charge >= 0.3 is 0 Å². The standard InChI is InChI=1S/C20H17NO2S/c1-3-12-5-4-6-13(11-12)17-16(23-2)8-7-15-18(17)14-9-10-24-19(14)20(22)21-15/h4-11H,3H2,1-2H3,(H,21,22). The van der Waals surface area contributed by atoms with Gasteiger partial charge in [-0.2, -0.15) is 0 Å². The summed E-state index contributed by atoms with van der Waals surface area (Å²) in [6.45, 7) is 2.15. The number of hydrogen-bond acceptors (Lipinski definition) is 3. The molecule has 0 unspecified atom stereocenters. The molecule has 0 bridgehead atoms. The van der Waals surface area contributed by atoms with Gasteiger partial charge in [-0.25, -0.2) is 0 Å². The Morgan fingerprint density at radius 1 is 1.17 bits per heavy atom. The molecule has 0 saturated heterocycles. The minimum Gasteiger partial charge on any atom is -0.496 e. The van der Waals surface area contributed by atoms with Crippen molar-refractivity contribution in [2.75, 3.05) is 7.11 Å². The molecule has 0 saturated carbocycles. The van der Waals surface area contributed by atoms with E-state index in [0.717, 1.165) is 44.3 Å². The first-order valence-corrected chi connectivity index (χ1v) is 8.80. The first kappa shape index (κ1) is 15.0. The first-order valence-electron chi connectivity index (χ1n) is 7.92. The molecule has 2 aromatic carbocycles. The molecule has 0 spiro atoms. The number of aromatic amines is 1. The van der Waals surface area contributed by atoms with Crippen LogP contribution in [-0.2, 0) is 6.42 Å². The van der Waals surface area contributed by atoms with Gasteiger partial charge in [0, 0.05) is 21.9 Å². The van der Waals surface area contributed by atoms with Crippen LogP contribution in [0.2, 0.25) is 0 Å². The average molecular weight is 335 g/mol. The second kappa shape index (κ2) is 5.80. The van der Waals surface area contributed by atoms with Crippen LogP contribution in [0.1, 0.15) is 12.5 Å². The van der Waals surface area contributed by atoms with E-state index in [1.54, 1.807) is 7.11 Å². The van der Waals surface area contributed by atoms with Gasteiger partial charge in [0.2, 0.25) is 0 Å². The number of nitrogens with one attached hydrogen (secondary N) is 1. The van der Waals surface area contributed by atoms with Crippen LogP contribution in [0.5, 0.6) is 5.75 Å². The minimum absolute atomic E-state index is 0.0362. The van der Waals surface area contributed by atoms with Gasteiger partial charge in [-0.3, -0.25) is 4.79 Å². The summed E-state index contributed by atoms with van der Waals surface area (Å²) in [4.78, 5) is 15.3. The molecule has 0 atom stereocenters. The third kappa shape index (κ3) is 2.22.